The number of carbonyl (C=O) groups is 1. The lowest BCUT2D eigenvalue weighted by atomic mass is 10.1. The van der Waals surface area contributed by atoms with Crippen molar-refractivity contribution in [2.75, 3.05) is 26.2 Å². The molecule has 1 heterocycles. The Hall–Kier alpha value is -4.26. The maximum absolute atomic E-state index is 13.8. The first-order valence-electron chi connectivity index (χ1n) is 10.7. The third-order valence-electron chi connectivity index (χ3n) is 5.66. The second kappa shape index (κ2) is 9.70. The Morgan fingerprint density at radius 1 is 0.882 bits per heavy atom. The number of fused-ring (bicyclic) bond motifs is 1. The molecule has 0 bridgehead atoms. The molecule has 0 saturated heterocycles. The van der Waals surface area contributed by atoms with Crippen molar-refractivity contribution in [2.24, 2.45) is 0 Å². The second-order valence-electron chi connectivity index (χ2n) is 7.85. The summed E-state index contributed by atoms with van der Waals surface area (Å²) in [6, 6.07) is 20.1. The largest absolute Gasteiger partial charge is 0.493 e. The van der Waals surface area contributed by atoms with Crippen LogP contribution in [0.5, 0.6) is 17.2 Å². The summed E-state index contributed by atoms with van der Waals surface area (Å²) >= 11 is 0. The van der Waals surface area contributed by atoms with Gasteiger partial charge in [0, 0.05) is 22.3 Å². The number of benzene rings is 3. The van der Waals surface area contributed by atoms with Crippen molar-refractivity contribution in [1.29, 1.82) is 0 Å². The summed E-state index contributed by atoms with van der Waals surface area (Å²) in [4.78, 5) is 31.1. The van der Waals surface area contributed by atoms with Crippen molar-refractivity contribution in [3.05, 3.63) is 93.8 Å². The van der Waals surface area contributed by atoms with E-state index in [-0.39, 0.29) is 18.0 Å². The average Bonchev–Trinajstić information content (AvgIpc) is 2.86. The van der Waals surface area contributed by atoms with E-state index in [1.807, 2.05) is 61.5 Å². The number of aryl methyl sites for hydroxylation is 1. The second-order valence-corrected chi connectivity index (χ2v) is 7.85. The lowest BCUT2D eigenvalue weighted by Gasteiger charge is -2.24. The van der Waals surface area contributed by atoms with Crippen LogP contribution < -0.4 is 24.7 Å². The van der Waals surface area contributed by atoms with Gasteiger partial charge in [0.1, 0.15) is 0 Å². The number of aromatic amines is 1. The SMILES string of the molecule is COc1cc(C(=O)N(Cc2cc3ccccc3[nH]c2=O)c2ccc(C)cc2)cc(OC)c1OC. The number of para-hydroxylation sites is 1. The minimum absolute atomic E-state index is 0.0821. The molecule has 0 spiro atoms. The molecule has 1 N–H and O–H groups in total. The zero-order chi connectivity index (χ0) is 24.2. The molecule has 34 heavy (non-hydrogen) atoms. The van der Waals surface area contributed by atoms with Gasteiger partial charge >= 0.3 is 0 Å². The first-order chi connectivity index (χ1) is 16.4. The number of ether oxygens (including phenoxy) is 3. The Morgan fingerprint density at radius 2 is 1.53 bits per heavy atom. The van der Waals surface area contributed by atoms with Gasteiger partial charge in [0.2, 0.25) is 5.75 Å². The number of nitrogens with zero attached hydrogens (tertiary/aromatic N) is 1. The van der Waals surface area contributed by atoms with E-state index < -0.39 is 0 Å². The van der Waals surface area contributed by atoms with E-state index in [0.717, 1.165) is 16.5 Å². The highest BCUT2D eigenvalue weighted by Gasteiger charge is 2.23. The average molecular weight is 459 g/mol. The van der Waals surface area contributed by atoms with Crippen molar-refractivity contribution in [2.45, 2.75) is 13.5 Å². The van der Waals surface area contributed by atoms with Gasteiger partial charge in [-0.05, 0) is 48.7 Å². The lowest BCUT2D eigenvalue weighted by molar-refractivity contribution is 0.0984. The molecule has 4 aromatic rings. The van der Waals surface area contributed by atoms with Gasteiger partial charge < -0.3 is 24.1 Å². The van der Waals surface area contributed by atoms with Gasteiger partial charge in [-0.2, -0.15) is 0 Å². The fourth-order valence-corrected chi connectivity index (χ4v) is 3.85. The van der Waals surface area contributed by atoms with E-state index in [0.29, 0.717) is 34.1 Å². The fourth-order valence-electron chi connectivity index (χ4n) is 3.85. The van der Waals surface area contributed by atoms with Gasteiger partial charge in [0.25, 0.3) is 11.5 Å². The molecule has 1 amide bonds. The molecule has 0 fully saturated rings. The number of aromatic nitrogens is 1. The van der Waals surface area contributed by atoms with Crippen LogP contribution >= 0.6 is 0 Å². The molecular weight excluding hydrogens is 432 g/mol. The van der Waals surface area contributed by atoms with Gasteiger partial charge in [-0.15, -0.1) is 0 Å². The van der Waals surface area contributed by atoms with Crippen LogP contribution in [0.15, 0.2) is 71.5 Å². The summed E-state index contributed by atoms with van der Waals surface area (Å²) in [7, 11) is 4.50. The number of rotatable bonds is 7. The topological polar surface area (TPSA) is 80.9 Å². The number of hydrogen-bond acceptors (Lipinski definition) is 5. The summed E-state index contributed by atoms with van der Waals surface area (Å²) in [6.07, 6.45) is 0. The van der Waals surface area contributed by atoms with Crippen LogP contribution in [0.2, 0.25) is 0 Å². The molecule has 3 aromatic carbocycles. The van der Waals surface area contributed by atoms with Crippen LogP contribution in [0.3, 0.4) is 0 Å². The maximum atomic E-state index is 13.8. The van der Waals surface area contributed by atoms with Crippen molar-refractivity contribution in [3.8, 4) is 17.2 Å². The van der Waals surface area contributed by atoms with E-state index >= 15 is 0 Å². The van der Waals surface area contributed by atoms with Crippen LogP contribution in [-0.2, 0) is 6.54 Å². The molecule has 0 atom stereocenters. The number of hydrogen-bond donors (Lipinski definition) is 1. The predicted molar refractivity (Wildman–Crippen MR) is 132 cm³/mol. The van der Waals surface area contributed by atoms with Gasteiger partial charge in [-0.1, -0.05) is 35.9 Å². The van der Waals surface area contributed by atoms with E-state index in [9.17, 15) is 9.59 Å². The highest BCUT2D eigenvalue weighted by atomic mass is 16.5. The molecule has 4 rings (SSSR count). The Balaban J connectivity index is 1.81. The Bertz CT molecular complexity index is 1370. The molecule has 1 aromatic heterocycles. The summed E-state index contributed by atoms with van der Waals surface area (Å²) < 4.78 is 16.2. The van der Waals surface area contributed by atoms with Crippen LogP contribution in [0.4, 0.5) is 5.69 Å². The van der Waals surface area contributed by atoms with Crippen molar-refractivity contribution < 1.29 is 19.0 Å². The molecular formula is C27H26N2O5. The van der Waals surface area contributed by atoms with Crippen molar-refractivity contribution in [3.63, 3.8) is 0 Å². The van der Waals surface area contributed by atoms with Crippen molar-refractivity contribution >= 4 is 22.5 Å². The molecule has 0 aliphatic rings. The van der Waals surface area contributed by atoms with Gasteiger partial charge in [-0.25, -0.2) is 0 Å². The smallest absolute Gasteiger partial charge is 0.258 e. The molecule has 0 radical (unpaired) electrons. The Kier molecular flexibility index (Phi) is 6.54. The summed E-state index contributed by atoms with van der Waals surface area (Å²) in [5, 5.41) is 0.890. The van der Waals surface area contributed by atoms with E-state index in [4.69, 9.17) is 14.2 Å². The van der Waals surface area contributed by atoms with E-state index in [1.165, 1.54) is 21.3 Å². The van der Waals surface area contributed by atoms with Crippen LogP contribution in [0.25, 0.3) is 10.9 Å². The summed E-state index contributed by atoms with van der Waals surface area (Å²) in [5.41, 5.74) is 3.04. The highest BCUT2D eigenvalue weighted by molar-refractivity contribution is 6.06. The first kappa shape index (κ1) is 22.9. The molecule has 0 aliphatic carbocycles. The number of H-pyrrole nitrogens is 1. The molecule has 0 saturated carbocycles. The minimum Gasteiger partial charge on any atom is -0.493 e. The first-order valence-corrected chi connectivity index (χ1v) is 10.7. The molecule has 7 heteroatoms. The van der Waals surface area contributed by atoms with Gasteiger partial charge in [0.15, 0.2) is 11.5 Å². The van der Waals surface area contributed by atoms with E-state index in [2.05, 4.69) is 4.98 Å². The van der Waals surface area contributed by atoms with E-state index in [1.54, 1.807) is 17.0 Å². The zero-order valence-corrected chi connectivity index (χ0v) is 19.5. The van der Waals surface area contributed by atoms with Crippen LogP contribution in [-0.4, -0.2) is 32.2 Å². The van der Waals surface area contributed by atoms with Gasteiger partial charge in [0.05, 0.1) is 27.9 Å². The Labute approximate surface area is 197 Å². The molecule has 174 valence electrons. The Morgan fingerprint density at radius 3 is 2.15 bits per heavy atom. The number of carbonyl (C=O) groups excluding carboxylic acids is 1. The van der Waals surface area contributed by atoms with Crippen LogP contribution in [0, 0.1) is 6.92 Å². The molecule has 7 nitrogen and oxygen atoms in total. The van der Waals surface area contributed by atoms with Gasteiger partial charge in [-0.3, -0.25) is 9.59 Å². The summed E-state index contributed by atoms with van der Waals surface area (Å²) in [6.45, 7) is 2.06. The quantitative estimate of drug-likeness (QED) is 0.434. The monoisotopic (exact) mass is 458 g/mol. The number of pyridine rings is 1. The standard InChI is InChI=1S/C27H26N2O5/c1-17-9-11-21(12-10-17)29(16-20-13-18-7-5-6-8-22(18)28-26(20)30)27(31)19-14-23(32-2)25(34-4)24(15-19)33-3/h5-15H,16H2,1-4H3,(H,28,30). The third kappa shape index (κ3) is 4.45. The molecule has 0 unspecified atom stereocenters. The zero-order valence-electron chi connectivity index (χ0n) is 19.5. The lowest BCUT2D eigenvalue weighted by Crippen LogP contribution is -2.33. The summed E-state index contributed by atoms with van der Waals surface area (Å²) in [5.74, 6) is 0.834. The fraction of sp³-hybridized carbons (Fsp3) is 0.185. The number of nitrogens with one attached hydrogen (secondary N) is 1. The predicted octanol–water partition coefficient (Wildman–Crippen LogP) is 4.71. The maximum Gasteiger partial charge on any atom is 0.258 e. The third-order valence-corrected chi connectivity index (χ3v) is 5.66. The molecule has 0 aliphatic heterocycles. The van der Waals surface area contributed by atoms with Crippen LogP contribution in [0.1, 0.15) is 21.5 Å². The highest BCUT2D eigenvalue weighted by Crippen LogP contribution is 2.39. The van der Waals surface area contributed by atoms with Crippen molar-refractivity contribution in [1.82, 2.24) is 4.98 Å². The normalized spacial score (nSPS) is 10.7. The number of methoxy groups -OCH3 is 3. The number of anilines is 1. The minimum atomic E-state index is -0.310. The number of amides is 1.